The van der Waals surface area contributed by atoms with Gasteiger partial charge in [0.15, 0.2) is 9.84 Å². The van der Waals surface area contributed by atoms with Crippen LogP contribution in [0.15, 0.2) is 59.6 Å². The van der Waals surface area contributed by atoms with Gasteiger partial charge in [-0.3, -0.25) is 4.79 Å². The SMILES string of the molecule is CS(=O)(=O)c1ccc(-c2cn(C3CCc4c(CC(=O)O)c5ccccc5n4C3)nn2)cc1. The monoisotopic (exact) mass is 450 g/mol. The third kappa shape index (κ3) is 3.58. The number of fused-ring (bicyclic) bond motifs is 3. The van der Waals surface area contributed by atoms with Crippen LogP contribution in [-0.2, 0) is 34.0 Å². The number of sulfone groups is 1. The third-order valence-electron chi connectivity index (χ3n) is 6.09. The van der Waals surface area contributed by atoms with Gasteiger partial charge >= 0.3 is 5.97 Å². The lowest BCUT2D eigenvalue weighted by Crippen LogP contribution is -2.24. The number of carboxylic acids is 1. The topological polar surface area (TPSA) is 107 Å². The van der Waals surface area contributed by atoms with E-state index in [1.807, 2.05) is 35.1 Å². The molecule has 2 aromatic carbocycles. The van der Waals surface area contributed by atoms with Gasteiger partial charge < -0.3 is 9.67 Å². The van der Waals surface area contributed by atoms with Crippen molar-refractivity contribution in [2.45, 2.75) is 36.7 Å². The van der Waals surface area contributed by atoms with Crippen LogP contribution in [0.25, 0.3) is 22.2 Å². The normalized spacial score (nSPS) is 16.2. The molecule has 32 heavy (non-hydrogen) atoms. The second-order valence-corrected chi connectivity index (χ2v) is 10.2. The van der Waals surface area contributed by atoms with Crippen LogP contribution in [0.3, 0.4) is 0 Å². The fraction of sp³-hybridized carbons (Fsp3) is 0.261. The molecular formula is C23H22N4O4S. The number of aliphatic carboxylic acids is 1. The Labute approximate surface area is 185 Å². The van der Waals surface area contributed by atoms with Crippen molar-refractivity contribution in [2.24, 2.45) is 0 Å². The molecule has 8 nitrogen and oxygen atoms in total. The van der Waals surface area contributed by atoms with Gasteiger partial charge in [-0.1, -0.05) is 35.5 Å². The molecule has 0 amide bonds. The highest BCUT2D eigenvalue weighted by molar-refractivity contribution is 7.90. The number of rotatable bonds is 5. The smallest absolute Gasteiger partial charge is 0.307 e. The lowest BCUT2D eigenvalue weighted by atomic mass is 10.0. The van der Waals surface area contributed by atoms with Crippen molar-refractivity contribution in [1.82, 2.24) is 19.6 Å². The van der Waals surface area contributed by atoms with Gasteiger partial charge in [-0.25, -0.2) is 13.1 Å². The lowest BCUT2D eigenvalue weighted by Gasteiger charge is -2.26. The highest BCUT2D eigenvalue weighted by Crippen LogP contribution is 2.34. The third-order valence-corrected chi connectivity index (χ3v) is 7.22. The Morgan fingerprint density at radius 2 is 1.91 bits per heavy atom. The Morgan fingerprint density at radius 1 is 1.16 bits per heavy atom. The molecule has 1 aliphatic rings. The highest BCUT2D eigenvalue weighted by Gasteiger charge is 2.27. The molecule has 0 aliphatic carbocycles. The molecule has 0 saturated carbocycles. The fourth-order valence-electron chi connectivity index (χ4n) is 4.55. The van der Waals surface area contributed by atoms with Crippen molar-refractivity contribution in [3.8, 4) is 11.3 Å². The van der Waals surface area contributed by atoms with Crippen molar-refractivity contribution < 1.29 is 18.3 Å². The molecule has 1 aliphatic heterocycles. The molecule has 3 heterocycles. The van der Waals surface area contributed by atoms with E-state index < -0.39 is 15.8 Å². The summed E-state index contributed by atoms with van der Waals surface area (Å²) in [5, 5.41) is 19.0. The minimum Gasteiger partial charge on any atom is -0.481 e. The first-order valence-corrected chi connectivity index (χ1v) is 12.2. The average Bonchev–Trinajstić information content (AvgIpc) is 3.37. The van der Waals surface area contributed by atoms with Crippen molar-refractivity contribution >= 4 is 26.7 Å². The Kier molecular flexibility index (Phi) is 4.85. The molecule has 0 fully saturated rings. The van der Waals surface area contributed by atoms with E-state index in [2.05, 4.69) is 14.9 Å². The van der Waals surface area contributed by atoms with Crippen LogP contribution >= 0.6 is 0 Å². The van der Waals surface area contributed by atoms with Crippen LogP contribution < -0.4 is 0 Å². The first kappa shape index (κ1) is 20.4. The van der Waals surface area contributed by atoms with Gasteiger partial charge in [0.05, 0.1) is 23.6 Å². The Bertz CT molecular complexity index is 1430. The molecule has 0 radical (unpaired) electrons. The lowest BCUT2D eigenvalue weighted by molar-refractivity contribution is -0.136. The van der Waals surface area contributed by atoms with Gasteiger partial charge in [0.1, 0.15) is 5.69 Å². The van der Waals surface area contributed by atoms with E-state index in [1.165, 1.54) is 6.26 Å². The number of benzene rings is 2. The van der Waals surface area contributed by atoms with E-state index in [0.29, 0.717) is 12.2 Å². The molecule has 164 valence electrons. The number of carbonyl (C=O) groups is 1. The van der Waals surface area contributed by atoms with Crippen molar-refractivity contribution in [3.63, 3.8) is 0 Å². The first-order valence-electron chi connectivity index (χ1n) is 10.3. The number of nitrogens with zero attached hydrogens (tertiary/aromatic N) is 4. The van der Waals surface area contributed by atoms with Crippen LogP contribution in [0, 0.1) is 0 Å². The summed E-state index contributed by atoms with van der Waals surface area (Å²) < 4.78 is 27.4. The molecular weight excluding hydrogens is 428 g/mol. The molecule has 4 aromatic rings. The maximum absolute atomic E-state index is 11.7. The van der Waals surface area contributed by atoms with Gasteiger partial charge in [0.2, 0.25) is 0 Å². The molecule has 0 spiro atoms. The van der Waals surface area contributed by atoms with Gasteiger partial charge in [-0.05, 0) is 36.6 Å². The van der Waals surface area contributed by atoms with E-state index in [4.69, 9.17) is 0 Å². The summed E-state index contributed by atoms with van der Waals surface area (Å²) in [5.41, 5.74) is 4.51. The number of aromatic nitrogens is 4. The van der Waals surface area contributed by atoms with Crippen LogP contribution in [0.1, 0.15) is 23.7 Å². The number of para-hydroxylation sites is 1. The zero-order valence-corrected chi connectivity index (χ0v) is 18.3. The Morgan fingerprint density at radius 3 is 2.62 bits per heavy atom. The van der Waals surface area contributed by atoms with Gasteiger partial charge in [-0.15, -0.1) is 5.10 Å². The quantitative estimate of drug-likeness (QED) is 0.501. The summed E-state index contributed by atoms with van der Waals surface area (Å²) in [5.74, 6) is -0.825. The summed E-state index contributed by atoms with van der Waals surface area (Å²) >= 11 is 0. The van der Waals surface area contributed by atoms with Crippen LogP contribution in [-0.4, -0.2) is 45.3 Å². The van der Waals surface area contributed by atoms with Crippen LogP contribution in [0.5, 0.6) is 0 Å². The molecule has 1 atom stereocenters. The molecule has 0 bridgehead atoms. The number of hydrogen-bond acceptors (Lipinski definition) is 5. The zero-order valence-electron chi connectivity index (χ0n) is 17.5. The Hall–Kier alpha value is -3.46. The zero-order chi connectivity index (χ0) is 22.5. The van der Waals surface area contributed by atoms with Crippen molar-refractivity contribution in [2.75, 3.05) is 6.26 Å². The van der Waals surface area contributed by atoms with E-state index >= 15 is 0 Å². The second kappa shape index (κ2) is 7.59. The molecule has 2 aromatic heterocycles. The first-order chi connectivity index (χ1) is 15.3. The van der Waals surface area contributed by atoms with Crippen molar-refractivity contribution in [1.29, 1.82) is 0 Å². The average molecular weight is 451 g/mol. The number of carboxylic acid groups (broad SMARTS) is 1. The molecule has 0 saturated heterocycles. The Balaban J connectivity index is 1.45. The molecule has 5 rings (SSSR count). The van der Waals surface area contributed by atoms with Crippen LogP contribution in [0.2, 0.25) is 0 Å². The van der Waals surface area contributed by atoms with Crippen molar-refractivity contribution in [3.05, 3.63) is 66.0 Å². The van der Waals surface area contributed by atoms with Gasteiger partial charge in [0, 0.05) is 35.0 Å². The van der Waals surface area contributed by atoms with E-state index in [-0.39, 0.29) is 17.4 Å². The van der Waals surface area contributed by atoms with E-state index in [1.54, 1.807) is 24.3 Å². The molecule has 1 unspecified atom stereocenters. The molecule has 1 N–H and O–H groups in total. The second-order valence-electron chi connectivity index (χ2n) is 8.20. The van der Waals surface area contributed by atoms with Gasteiger partial charge in [0.25, 0.3) is 0 Å². The summed E-state index contributed by atoms with van der Waals surface area (Å²) in [6.07, 6.45) is 4.68. The largest absolute Gasteiger partial charge is 0.481 e. The standard InChI is InChI=1S/C23H22N4O4S/c1-32(30,31)17-9-6-15(7-10-17)20-14-27(25-24-20)16-8-11-22-19(12-23(28)29)18-4-2-3-5-21(18)26(22)13-16/h2-7,9-10,14,16H,8,11-13H2,1H3,(H,28,29). The predicted octanol–water partition coefficient (Wildman–Crippen LogP) is 3.12. The number of hydrogen-bond donors (Lipinski definition) is 1. The maximum atomic E-state index is 11.7. The summed E-state index contributed by atoms with van der Waals surface area (Å²) in [6, 6.07) is 14.6. The minimum absolute atomic E-state index is 0.0183. The maximum Gasteiger partial charge on any atom is 0.307 e. The highest BCUT2D eigenvalue weighted by atomic mass is 32.2. The minimum atomic E-state index is -3.25. The summed E-state index contributed by atoms with van der Waals surface area (Å²) in [7, 11) is -3.25. The van der Waals surface area contributed by atoms with Crippen LogP contribution in [0.4, 0.5) is 0 Å². The predicted molar refractivity (Wildman–Crippen MR) is 119 cm³/mol. The van der Waals surface area contributed by atoms with E-state index in [9.17, 15) is 18.3 Å². The summed E-state index contributed by atoms with van der Waals surface area (Å²) in [6.45, 7) is 0.686. The molecule has 9 heteroatoms. The fourth-order valence-corrected chi connectivity index (χ4v) is 5.18. The van der Waals surface area contributed by atoms with E-state index in [0.717, 1.165) is 40.6 Å². The summed E-state index contributed by atoms with van der Waals surface area (Å²) in [4.78, 5) is 11.7. The van der Waals surface area contributed by atoms with Gasteiger partial charge in [-0.2, -0.15) is 0 Å².